The van der Waals surface area contributed by atoms with E-state index in [1.165, 1.54) is 0 Å². The van der Waals surface area contributed by atoms with Crippen LogP contribution in [0.4, 0.5) is 0 Å². The van der Waals surface area contributed by atoms with Crippen molar-refractivity contribution < 1.29 is 9.84 Å². The van der Waals surface area contributed by atoms with Gasteiger partial charge in [0.1, 0.15) is 30.6 Å². The average Bonchev–Trinajstić information content (AvgIpc) is 2.84. The van der Waals surface area contributed by atoms with Crippen molar-refractivity contribution >= 4 is 15.9 Å². The molecule has 0 aliphatic heterocycles. The van der Waals surface area contributed by atoms with Crippen molar-refractivity contribution in [3.63, 3.8) is 0 Å². The number of nitrogens with one attached hydrogen (secondary N) is 1. The number of halogens is 1. The molecule has 2 N–H and O–H groups in total. The Morgan fingerprint density at radius 3 is 2.80 bits per heavy atom. The van der Waals surface area contributed by atoms with Gasteiger partial charge in [-0.2, -0.15) is 0 Å². The summed E-state index contributed by atoms with van der Waals surface area (Å²) in [5.41, 5.74) is 0. The maximum absolute atomic E-state index is 9.82. The predicted molar refractivity (Wildman–Crippen MR) is 78.4 cm³/mol. The van der Waals surface area contributed by atoms with Crippen LogP contribution in [-0.4, -0.2) is 39.1 Å². The summed E-state index contributed by atoms with van der Waals surface area (Å²) in [6.45, 7) is 1.24. The summed E-state index contributed by atoms with van der Waals surface area (Å²) in [7, 11) is 1.88. The lowest BCUT2D eigenvalue weighted by atomic mass is 10.3. The first-order chi connectivity index (χ1) is 9.65. The molecule has 0 spiro atoms. The van der Waals surface area contributed by atoms with Gasteiger partial charge in [0.05, 0.1) is 6.54 Å². The fourth-order valence-corrected chi connectivity index (χ4v) is 1.86. The smallest absolute Gasteiger partial charge is 0.146 e. The molecular formula is C13H17BrN4O2. The maximum Gasteiger partial charge on any atom is 0.146 e. The molecule has 1 heterocycles. The van der Waals surface area contributed by atoms with Crippen LogP contribution in [0.15, 0.2) is 35.1 Å². The summed E-state index contributed by atoms with van der Waals surface area (Å²) < 4.78 is 8.32. The highest BCUT2D eigenvalue weighted by molar-refractivity contribution is 9.10. The van der Waals surface area contributed by atoms with E-state index in [0.717, 1.165) is 16.0 Å². The van der Waals surface area contributed by atoms with Gasteiger partial charge in [-0.3, -0.25) is 0 Å². The number of rotatable bonds is 7. The average molecular weight is 341 g/mol. The second-order valence-corrected chi connectivity index (χ2v) is 5.32. The van der Waals surface area contributed by atoms with Crippen LogP contribution in [0.25, 0.3) is 0 Å². The van der Waals surface area contributed by atoms with Gasteiger partial charge in [-0.05, 0) is 24.3 Å². The van der Waals surface area contributed by atoms with Gasteiger partial charge >= 0.3 is 0 Å². The quantitative estimate of drug-likeness (QED) is 0.789. The summed E-state index contributed by atoms with van der Waals surface area (Å²) in [6, 6.07) is 7.50. The minimum atomic E-state index is -0.577. The van der Waals surface area contributed by atoms with Gasteiger partial charge < -0.3 is 19.7 Å². The molecule has 0 radical (unpaired) electrons. The lowest BCUT2D eigenvalue weighted by molar-refractivity contribution is 0.106. The van der Waals surface area contributed by atoms with Crippen LogP contribution >= 0.6 is 15.9 Å². The number of ether oxygens (including phenoxy) is 1. The van der Waals surface area contributed by atoms with E-state index in [-0.39, 0.29) is 6.61 Å². The minimum absolute atomic E-state index is 0.243. The lowest BCUT2D eigenvalue weighted by Gasteiger charge is -2.13. The van der Waals surface area contributed by atoms with Crippen molar-refractivity contribution in [2.75, 3.05) is 13.2 Å². The van der Waals surface area contributed by atoms with Crippen molar-refractivity contribution in [1.82, 2.24) is 20.1 Å². The van der Waals surface area contributed by atoms with Gasteiger partial charge in [0, 0.05) is 18.1 Å². The summed E-state index contributed by atoms with van der Waals surface area (Å²) in [5, 5.41) is 20.7. The van der Waals surface area contributed by atoms with Gasteiger partial charge in [-0.1, -0.05) is 15.9 Å². The fourth-order valence-electron chi connectivity index (χ4n) is 1.60. The lowest BCUT2D eigenvalue weighted by Crippen LogP contribution is -2.31. The Morgan fingerprint density at radius 2 is 2.15 bits per heavy atom. The number of hydrogen-bond acceptors (Lipinski definition) is 5. The van der Waals surface area contributed by atoms with E-state index < -0.39 is 6.10 Å². The molecule has 1 unspecified atom stereocenters. The molecule has 7 heteroatoms. The Morgan fingerprint density at radius 1 is 1.40 bits per heavy atom. The van der Waals surface area contributed by atoms with Crippen molar-refractivity contribution in [2.24, 2.45) is 7.05 Å². The topological polar surface area (TPSA) is 72.2 Å². The highest BCUT2D eigenvalue weighted by Gasteiger charge is 2.06. The molecule has 108 valence electrons. The molecule has 6 nitrogen and oxygen atoms in total. The second kappa shape index (κ2) is 7.37. The Bertz CT molecular complexity index is 529. The first kappa shape index (κ1) is 15.0. The van der Waals surface area contributed by atoms with Crippen molar-refractivity contribution in [3.05, 3.63) is 40.9 Å². The molecule has 2 rings (SSSR count). The molecule has 1 atom stereocenters. The SMILES string of the molecule is Cn1cnnc1CNCC(O)COc1ccc(Br)cc1. The Hall–Kier alpha value is -1.44. The summed E-state index contributed by atoms with van der Waals surface area (Å²) >= 11 is 3.36. The Kier molecular flexibility index (Phi) is 5.51. The zero-order valence-electron chi connectivity index (χ0n) is 11.2. The number of nitrogens with zero attached hydrogens (tertiary/aromatic N) is 3. The molecule has 0 aliphatic carbocycles. The van der Waals surface area contributed by atoms with Crippen LogP contribution in [0.3, 0.4) is 0 Å². The Labute approximate surface area is 125 Å². The van der Waals surface area contributed by atoms with Crippen LogP contribution < -0.4 is 10.1 Å². The molecule has 0 amide bonds. The molecular weight excluding hydrogens is 324 g/mol. The van der Waals surface area contributed by atoms with Gasteiger partial charge in [-0.15, -0.1) is 10.2 Å². The number of benzene rings is 1. The zero-order valence-corrected chi connectivity index (χ0v) is 12.7. The van der Waals surface area contributed by atoms with E-state index in [4.69, 9.17) is 4.74 Å². The standard InChI is InChI=1S/C13H17BrN4O2/c1-18-9-16-17-13(18)7-15-6-11(19)8-20-12-4-2-10(14)3-5-12/h2-5,9,11,15,19H,6-8H2,1H3. The third-order valence-electron chi connectivity index (χ3n) is 2.72. The van der Waals surface area contributed by atoms with Crippen LogP contribution in [0.2, 0.25) is 0 Å². The number of hydrogen-bond donors (Lipinski definition) is 2. The number of aryl methyl sites for hydroxylation is 1. The molecule has 0 bridgehead atoms. The fraction of sp³-hybridized carbons (Fsp3) is 0.385. The molecule has 0 saturated heterocycles. The third-order valence-corrected chi connectivity index (χ3v) is 3.25. The van der Waals surface area contributed by atoms with E-state index in [1.807, 2.05) is 35.9 Å². The van der Waals surface area contributed by atoms with E-state index in [9.17, 15) is 5.11 Å². The molecule has 1 aromatic carbocycles. The molecule has 0 fully saturated rings. The van der Waals surface area contributed by atoms with E-state index in [0.29, 0.717) is 13.1 Å². The molecule has 20 heavy (non-hydrogen) atoms. The molecule has 1 aromatic heterocycles. The van der Waals surface area contributed by atoms with Crippen molar-refractivity contribution in [1.29, 1.82) is 0 Å². The van der Waals surface area contributed by atoms with E-state index in [1.54, 1.807) is 6.33 Å². The van der Waals surface area contributed by atoms with Gasteiger partial charge in [-0.25, -0.2) is 0 Å². The normalized spacial score (nSPS) is 12.3. The molecule has 0 saturated carbocycles. The monoisotopic (exact) mass is 340 g/mol. The summed E-state index contributed by atoms with van der Waals surface area (Å²) in [4.78, 5) is 0. The summed E-state index contributed by atoms with van der Waals surface area (Å²) in [5.74, 6) is 1.56. The van der Waals surface area contributed by atoms with Crippen LogP contribution in [0.5, 0.6) is 5.75 Å². The van der Waals surface area contributed by atoms with Crippen molar-refractivity contribution in [2.45, 2.75) is 12.6 Å². The van der Waals surface area contributed by atoms with E-state index in [2.05, 4.69) is 31.4 Å². The van der Waals surface area contributed by atoms with Crippen LogP contribution in [0.1, 0.15) is 5.82 Å². The van der Waals surface area contributed by atoms with Crippen LogP contribution in [-0.2, 0) is 13.6 Å². The largest absolute Gasteiger partial charge is 0.491 e. The van der Waals surface area contributed by atoms with Crippen molar-refractivity contribution in [3.8, 4) is 5.75 Å². The molecule has 2 aromatic rings. The Balaban J connectivity index is 1.66. The second-order valence-electron chi connectivity index (χ2n) is 4.41. The van der Waals surface area contributed by atoms with Gasteiger partial charge in [0.25, 0.3) is 0 Å². The molecule has 0 aliphatic rings. The van der Waals surface area contributed by atoms with E-state index >= 15 is 0 Å². The predicted octanol–water partition coefficient (Wildman–Crippen LogP) is 1.11. The first-order valence-electron chi connectivity index (χ1n) is 6.25. The third kappa shape index (κ3) is 4.59. The highest BCUT2D eigenvalue weighted by Crippen LogP contribution is 2.16. The number of aromatic nitrogens is 3. The minimum Gasteiger partial charge on any atom is -0.491 e. The number of aliphatic hydroxyl groups excluding tert-OH is 1. The van der Waals surface area contributed by atoms with Crippen LogP contribution in [0, 0.1) is 0 Å². The number of aliphatic hydroxyl groups is 1. The zero-order chi connectivity index (χ0) is 14.4. The maximum atomic E-state index is 9.82. The highest BCUT2D eigenvalue weighted by atomic mass is 79.9. The van der Waals surface area contributed by atoms with Gasteiger partial charge in [0.2, 0.25) is 0 Å². The van der Waals surface area contributed by atoms with Gasteiger partial charge in [0.15, 0.2) is 0 Å². The first-order valence-corrected chi connectivity index (χ1v) is 7.04. The summed E-state index contributed by atoms with van der Waals surface area (Å²) in [6.07, 6.45) is 1.07.